The number of aliphatic imine (C=N–C) groups is 1. The van der Waals surface area contributed by atoms with Crippen molar-refractivity contribution in [1.82, 2.24) is 20.8 Å². The molecule has 1 aliphatic rings. The molecule has 0 bridgehead atoms. The molecule has 6 heteroatoms. The lowest BCUT2D eigenvalue weighted by molar-refractivity contribution is 0.250. The van der Waals surface area contributed by atoms with Gasteiger partial charge in [0.2, 0.25) is 5.89 Å². The van der Waals surface area contributed by atoms with Crippen LogP contribution in [0.1, 0.15) is 58.2 Å². The van der Waals surface area contributed by atoms with E-state index in [0.29, 0.717) is 24.3 Å². The lowest BCUT2D eigenvalue weighted by Gasteiger charge is -2.32. The Bertz CT molecular complexity index is 475. The van der Waals surface area contributed by atoms with Crippen LogP contribution in [-0.2, 0) is 6.54 Å². The van der Waals surface area contributed by atoms with Crippen molar-refractivity contribution in [3.05, 3.63) is 11.7 Å². The Balaban J connectivity index is 1.86. The average molecular weight is 307 g/mol. The molecule has 0 saturated heterocycles. The van der Waals surface area contributed by atoms with Gasteiger partial charge < -0.3 is 15.2 Å². The highest BCUT2D eigenvalue weighted by Crippen LogP contribution is 2.29. The van der Waals surface area contributed by atoms with Crippen molar-refractivity contribution in [3.8, 4) is 0 Å². The van der Waals surface area contributed by atoms with E-state index in [2.05, 4.69) is 46.5 Å². The molecule has 1 heterocycles. The highest BCUT2D eigenvalue weighted by atomic mass is 16.5. The van der Waals surface area contributed by atoms with Crippen molar-refractivity contribution >= 4 is 5.96 Å². The van der Waals surface area contributed by atoms with Crippen LogP contribution in [0.3, 0.4) is 0 Å². The molecular weight excluding hydrogens is 278 g/mol. The Morgan fingerprint density at radius 3 is 2.59 bits per heavy atom. The minimum absolute atomic E-state index is 0.414. The molecular formula is C16H29N5O. The molecule has 1 aliphatic carbocycles. The molecule has 2 N–H and O–H groups in total. The smallest absolute Gasteiger partial charge is 0.248 e. The van der Waals surface area contributed by atoms with Crippen molar-refractivity contribution in [3.63, 3.8) is 0 Å². The van der Waals surface area contributed by atoms with Gasteiger partial charge in [0, 0.05) is 12.6 Å². The summed E-state index contributed by atoms with van der Waals surface area (Å²) in [6.45, 7) is 9.80. The molecule has 6 nitrogen and oxygen atoms in total. The first-order valence-corrected chi connectivity index (χ1v) is 8.42. The van der Waals surface area contributed by atoms with Crippen molar-refractivity contribution < 1.29 is 4.52 Å². The van der Waals surface area contributed by atoms with Crippen LogP contribution in [0.15, 0.2) is 9.52 Å². The summed E-state index contributed by atoms with van der Waals surface area (Å²) in [6.07, 6.45) is 5.04. The summed E-state index contributed by atoms with van der Waals surface area (Å²) < 4.78 is 5.10. The van der Waals surface area contributed by atoms with E-state index in [1.165, 1.54) is 25.7 Å². The number of aromatic nitrogens is 2. The summed E-state index contributed by atoms with van der Waals surface area (Å²) in [4.78, 5) is 8.72. The van der Waals surface area contributed by atoms with Gasteiger partial charge in [-0.1, -0.05) is 19.0 Å². The number of guanidine groups is 1. The quantitative estimate of drug-likeness (QED) is 0.646. The van der Waals surface area contributed by atoms with Crippen LogP contribution in [0.25, 0.3) is 0 Å². The summed E-state index contributed by atoms with van der Waals surface area (Å²) in [5.41, 5.74) is 0. The van der Waals surface area contributed by atoms with Gasteiger partial charge in [-0.25, -0.2) is 4.99 Å². The van der Waals surface area contributed by atoms with Gasteiger partial charge in [0.25, 0.3) is 0 Å². The normalized spacial score (nSPS) is 22.9. The molecule has 0 radical (unpaired) electrons. The molecule has 0 unspecified atom stereocenters. The van der Waals surface area contributed by atoms with E-state index in [0.717, 1.165) is 24.3 Å². The molecule has 1 fully saturated rings. The Kier molecular flexibility index (Phi) is 6.21. The van der Waals surface area contributed by atoms with Gasteiger partial charge in [-0.3, -0.25) is 0 Å². The van der Waals surface area contributed by atoms with Crippen LogP contribution in [0.2, 0.25) is 0 Å². The van der Waals surface area contributed by atoms with Gasteiger partial charge in [0.05, 0.1) is 0 Å². The zero-order valence-electron chi connectivity index (χ0n) is 14.2. The standard InChI is InChI=1S/C16H29N5O/c1-5-17-16(18-10-15-19-12(4)21-22-15)20-14-8-6-13(7-9-14)11(2)3/h11,13-14H,5-10H2,1-4H3,(H2,17,18,20). The van der Waals surface area contributed by atoms with E-state index in [1.54, 1.807) is 0 Å². The second-order valence-electron chi connectivity index (χ2n) is 6.43. The molecule has 0 aromatic carbocycles. The van der Waals surface area contributed by atoms with Crippen molar-refractivity contribution in [1.29, 1.82) is 0 Å². The molecule has 0 spiro atoms. The Morgan fingerprint density at radius 2 is 2.05 bits per heavy atom. The Hall–Kier alpha value is -1.59. The maximum Gasteiger partial charge on any atom is 0.248 e. The maximum atomic E-state index is 5.10. The molecule has 1 aromatic heterocycles. The van der Waals surface area contributed by atoms with E-state index < -0.39 is 0 Å². The number of nitrogens with one attached hydrogen (secondary N) is 2. The predicted octanol–water partition coefficient (Wildman–Crippen LogP) is 2.65. The third-order valence-electron chi connectivity index (χ3n) is 4.34. The van der Waals surface area contributed by atoms with Crippen LogP contribution < -0.4 is 10.6 Å². The fourth-order valence-corrected chi connectivity index (χ4v) is 2.99. The van der Waals surface area contributed by atoms with Crippen LogP contribution in [-0.4, -0.2) is 28.7 Å². The summed E-state index contributed by atoms with van der Waals surface area (Å²) in [6, 6.07) is 0.511. The fourth-order valence-electron chi connectivity index (χ4n) is 2.99. The molecule has 124 valence electrons. The first-order valence-electron chi connectivity index (χ1n) is 8.42. The summed E-state index contributed by atoms with van der Waals surface area (Å²) in [5.74, 6) is 3.71. The highest BCUT2D eigenvalue weighted by molar-refractivity contribution is 5.80. The van der Waals surface area contributed by atoms with Gasteiger partial charge >= 0.3 is 0 Å². The minimum Gasteiger partial charge on any atom is -0.357 e. The first-order chi connectivity index (χ1) is 10.6. The number of hydrogen-bond acceptors (Lipinski definition) is 4. The summed E-state index contributed by atoms with van der Waals surface area (Å²) >= 11 is 0. The SMILES string of the molecule is CCNC(=NCc1nc(C)no1)NC1CCC(C(C)C)CC1. The summed E-state index contributed by atoms with van der Waals surface area (Å²) in [7, 11) is 0. The number of nitrogens with zero attached hydrogens (tertiary/aromatic N) is 3. The molecule has 1 aromatic rings. The third-order valence-corrected chi connectivity index (χ3v) is 4.34. The molecule has 0 aliphatic heterocycles. The maximum absolute atomic E-state index is 5.10. The number of hydrogen-bond donors (Lipinski definition) is 2. The second kappa shape index (κ2) is 8.15. The average Bonchev–Trinajstić information content (AvgIpc) is 2.91. The van der Waals surface area contributed by atoms with Gasteiger partial charge in [-0.05, 0) is 51.4 Å². The second-order valence-corrected chi connectivity index (χ2v) is 6.43. The van der Waals surface area contributed by atoms with Gasteiger partial charge in [0.15, 0.2) is 11.8 Å². The van der Waals surface area contributed by atoms with E-state index in [4.69, 9.17) is 4.52 Å². The fraction of sp³-hybridized carbons (Fsp3) is 0.812. The largest absolute Gasteiger partial charge is 0.357 e. The first kappa shape index (κ1) is 16.8. The Morgan fingerprint density at radius 1 is 1.32 bits per heavy atom. The topological polar surface area (TPSA) is 75.3 Å². The van der Waals surface area contributed by atoms with Gasteiger partial charge in [-0.2, -0.15) is 4.98 Å². The zero-order chi connectivity index (χ0) is 15.9. The summed E-state index contributed by atoms with van der Waals surface area (Å²) in [5, 5.41) is 10.6. The van der Waals surface area contributed by atoms with Crippen LogP contribution >= 0.6 is 0 Å². The zero-order valence-corrected chi connectivity index (χ0v) is 14.2. The molecule has 1 saturated carbocycles. The van der Waals surface area contributed by atoms with Crippen molar-refractivity contribution in [2.24, 2.45) is 16.8 Å². The lowest BCUT2D eigenvalue weighted by atomic mass is 9.80. The monoisotopic (exact) mass is 307 g/mol. The number of rotatable bonds is 5. The predicted molar refractivity (Wildman–Crippen MR) is 87.6 cm³/mol. The molecule has 2 rings (SSSR count). The van der Waals surface area contributed by atoms with Crippen LogP contribution in [0, 0.1) is 18.8 Å². The third kappa shape index (κ3) is 5.00. The Labute approximate surface area is 133 Å². The van der Waals surface area contributed by atoms with Crippen molar-refractivity contribution in [2.45, 2.75) is 66.0 Å². The van der Waals surface area contributed by atoms with Crippen molar-refractivity contribution in [2.75, 3.05) is 6.54 Å². The lowest BCUT2D eigenvalue weighted by Crippen LogP contribution is -2.45. The van der Waals surface area contributed by atoms with Crippen LogP contribution in [0.5, 0.6) is 0 Å². The number of aryl methyl sites for hydroxylation is 1. The van der Waals surface area contributed by atoms with E-state index in [1.807, 2.05) is 6.92 Å². The van der Waals surface area contributed by atoms with E-state index in [9.17, 15) is 0 Å². The highest BCUT2D eigenvalue weighted by Gasteiger charge is 2.23. The van der Waals surface area contributed by atoms with Gasteiger partial charge in [0.1, 0.15) is 6.54 Å². The van der Waals surface area contributed by atoms with Crippen LogP contribution in [0.4, 0.5) is 0 Å². The minimum atomic E-state index is 0.414. The molecule has 0 amide bonds. The molecule has 22 heavy (non-hydrogen) atoms. The molecule has 0 atom stereocenters. The van der Waals surface area contributed by atoms with E-state index in [-0.39, 0.29) is 0 Å². The van der Waals surface area contributed by atoms with E-state index >= 15 is 0 Å². The van der Waals surface area contributed by atoms with Gasteiger partial charge in [-0.15, -0.1) is 0 Å².